The largest absolute Gasteiger partial charge is 0.495 e. The lowest BCUT2D eigenvalue weighted by Crippen LogP contribution is -2.31. The maximum atomic E-state index is 10.9. The minimum absolute atomic E-state index is 0.163. The summed E-state index contributed by atoms with van der Waals surface area (Å²) < 4.78 is 5.28. The predicted octanol–water partition coefficient (Wildman–Crippen LogP) is 1.66. The summed E-state index contributed by atoms with van der Waals surface area (Å²) in [6.07, 6.45) is 4.37. The summed E-state index contributed by atoms with van der Waals surface area (Å²) in [4.78, 5) is 10.9. The Morgan fingerprint density at radius 2 is 2.50 bits per heavy atom. The molecule has 1 aliphatic rings. The molecule has 0 saturated heterocycles. The fraction of sp³-hybridized carbons (Fsp3) is 0.625. The van der Waals surface area contributed by atoms with E-state index in [2.05, 4.69) is 0 Å². The smallest absolute Gasteiger partial charge is 0.162 e. The van der Waals surface area contributed by atoms with E-state index in [-0.39, 0.29) is 11.4 Å². The fourth-order valence-electron chi connectivity index (χ4n) is 0.952. The first kappa shape index (κ1) is 7.32. The number of hydrogen-bond acceptors (Lipinski definition) is 2. The van der Waals surface area contributed by atoms with Crippen LogP contribution < -0.4 is 0 Å². The minimum Gasteiger partial charge on any atom is -0.495 e. The van der Waals surface area contributed by atoms with E-state index in [1.54, 1.807) is 0 Å². The van der Waals surface area contributed by atoms with Crippen LogP contribution in [0.4, 0.5) is 0 Å². The molecular formula is C8H12O2. The third-order valence-electron chi connectivity index (χ3n) is 1.90. The molecule has 0 radical (unpaired) electrons. The molecule has 2 nitrogen and oxygen atoms in total. The van der Waals surface area contributed by atoms with Gasteiger partial charge in [0.05, 0.1) is 6.26 Å². The number of carbonyl (C=O) groups excluding carboxylic acids is 1. The highest BCUT2D eigenvalue weighted by Gasteiger charge is 2.27. The Hall–Kier alpha value is -0.790. The molecule has 0 aromatic rings. The minimum atomic E-state index is -0.244. The summed E-state index contributed by atoms with van der Waals surface area (Å²) in [7, 11) is 0. The molecule has 1 atom stereocenters. The van der Waals surface area contributed by atoms with Gasteiger partial charge in [-0.05, 0) is 13.3 Å². The average molecular weight is 140 g/mol. The Morgan fingerprint density at radius 3 is 2.90 bits per heavy atom. The molecule has 0 aromatic carbocycles. The quantitative estimate of drug-likeness (QED) is 0.553. The molecule has 0 bridgehead atoms. The number of allylic oxidation sites excluding steroid dienone is 1. The third kappa shape index (κ3) is 1.38. The van der Waals surface area contributed by atoms with Crippen LogP contribution in [0.5, 0.6) is 0 Å². The Bertz CT molecular complexity index is 172. The van der Waals surface area contributed by atoms with E-state index < -0.39 is 0 Å². The Kier molecular flexibility index (Phi) is 1.79. The highest BCUT2D eigenvalue weighted by atomic mass is 16.5. The molecule has 10 heavy (non-hydrogen) atoms. The molecule has 0 aromatic heterocycles. The monoisotopic (exact) mass is 140 g/mol. The molecule has 0 amide bonds. The van der Waals surface area contributed by atoms with Gasteiger partial charge in [0.25, 0.3) is 0 Å². The van der Waals surface area contributed by atoms with Crippen molar-refractivity contribution in [1.82, 2.24) is 0 Å². The second-order valence-corrected chi connectivity index (χ2v) is 2.87. The first-order chi connectivity index (χ1) is 4.66. The molecule has 1 aliphatic heterocycles. The standard InChI is InChI=1S/C8H12O2/c1-3-8(2)6-7(9)4-5-10-8/h4-5H,3,6H2,1-2H3. The number of hydrogen-bond donors (Lipinski definition) is 0. The maximum Gasteiger partial charge on any atom is 0.162 e. The van der Waals surface area contributed by atoms with E-state index in [9.17, 15) is 4.79 Å². The lowest BCUT2D eigenvalue weighted by atomic mass is 9.95. The predicted molar refractivity (Wildman–Crippen MR) is 38.5 cm³/mol. The molecule has 0 fully saturated rings. The van der Waals surface area contributed by atoms with E-state index in [0.717, 1.165) is 6.42 Å². The Balaban J connectivity index is 2.67. The summed E-state index contributed by atoms with van der Waals surface area (Å²) in [5, 5.41) is 0. The van der Waals surface area contributed by atoms with Crippen molar-refractivity contribution in [2.24, 2.45) is 0 Å². The molecular weight excluding hydrogens is 128 g/mol. The maximum absolute atomic E-state index is 10.9. The van der Waals surface area contributed by atoms with Crippen molar-refractivity contribution in [1.29, 1.82) is 0 Å². The zero-order valence-electron chi connectivity index (χ0n) is 6.39. The van der Waals surface area contributed by atoms with Gasteiger partial charge < -0.3 is 4.74 Å². The van der Waals surface area contributed by atoms with Gasteiger partial charge in [-0.25, -0.2) is 0 Å². The normalized spacial score (nSPS) is 32.0. The highest BCUT2D eigenvalue weighted by Crippen LogP contribution is 2.23. The van der Waals surface area contributed by atoms with E-state index in [1.165, 1.54) is 12.3 Å². The van der Waals surface area contributed by atoms with Crippen LogP contribution in [0.25, 0.3) is 0 Å². The molecule has 2 heteroatoms. The van der Waals surface area contributed by atoms with Crippen molar-refractivity contribution in [2.45, 2.75) is 32.3 Å². The van der Waals surface area contributed by atoms with Crippen molar-refractivity contribution in [3.8, 4) is 0 Å². The van der Waals surface area contributed by atoms with Crippen LogP contribution >= 0.6 is 0 Å². The van der Waals surface area contributed by atoms with E-state index in [1.807, 2.05) is 13.8 Å². The summed E-state index contributed by atoms with van der Waals surface area (Å²) in [6, 6.07) is 0. The lowest BCUT2D eigenvalue weighted by Gasteiger charge is -2.28. The molecule has 1 heterocycles. The summed E-state index contributed by atoms with van der Waals surface area (Å²) in [6.45, 7) is 3.97. The molecule has 0 saturated carbocycles. The van der Waals surface area contributed by atoms with Crippen LogP contribution in [0, 0.1) is 0 Å². The van der Waals surface area contributed by atoms with E-state index in [4.69, 9.17) is 4.74 Å². The zero-order chi connectivity index (χ0) is 7.61. The topological polar surface area (TPSA) is 26.3 Å². The number of carbonyl (C=O) groups is 1. The van der Waals surface area contributed by atoms with Crippen LogP contribution in [0.3, 0.4) is 0 Å². The molecule has 1 rings (SSSR count). The van der Waals surface area contributed by atoms with Gasteiger partial charge in [-0.3, -0.25) is 4.79 Å². The highest BCUT2D eigenvalue weighted by molar-refractivity contribution is 5.90. The van der Waals surface area contributed by atoms with Gasteiger partial charge in [0.15, 0.2) is 5.78 Å². The van der Waals surface area contributed by atoms with Crippen molar-refractivity contribution in [3.05, 3.63) is 12.3 Å². The first-order valence-corrected chi connectivity index (χ1v) is 3.53. The first-order valence-electron chi connectivity index (χ1n) is 3.53. The van der Waals surface area contributed by atoms with Crippen LogP contribution in [0.15, 0.2) is 12.3 Å². The summed E-state index contributed by atoms with van der Waals surface area (Å²) in [5.74, 6) is 0.163. The Labute approximate surface area is 60.9 Å². The number of ether oxygens (including phenoxy) is 1. The second kappa shape index (κ2) is 2.45. The fourth-order valence-corrected chi connectivity index (χ4v) is 0.952. The number of rotatable bonds is 1. The van der Waals surface area contributed by atoms with Gasteiger partial charge in [0.1, 0.15) is 5.60 Å². The molecule has 0 aliphatic carbocycles. The van der Waals surface area contributed by atoms with E-state index >= 15 is 0 Å². The molecule has 56 valence electrons. The van der Waals surface area contributed by atoms with Crippen molar-refractivity contribution >= 4 is 5.78 Å². The van der Waals surface area contributed by atoms with Crippen LogP contribution in [0.1, 0.15) is 26.7 Å². The van der Waals surface area contributed by atoms with Crippen molar-refractivity contribution in [2.75, 3.05) is 0 Å². The van der Waals surface area contributed by atoms with Crippen molar-refractivity contribution in [3.63, 3.8) is 0 Å². The molecule has 0 N–H and O–H groups in total. The second-order valence-electron chi connectivity index (χ2n) is 2.87. The van der Waals surface area contributed by atoms with E-state index in [0.29, 0.717) is 6.42 Å². The summed E-state index contributed by atoms with van der Waals surface area (Å²) >= 11 is 0. The number of ketones is 1. The SMILES string of the molecule is CCC1(C)CC(=O)C=CO1. The van der Waals surface area contributed by atoms with Gasteiger partial charge in [-0.15, -0.1) is 0 Å². The van der Waals surface area contributed by atoms with Crippen LogP contribution in [-0.4, -0.2) is 11.4 Å². The third-order valence-corrected chi connectivity index (χ3v) is 1.90. The van der Waals surface area contributed by atoms with Gasteiger partial charge in [0.2, 0.25) is 0 Å². The van der Waals surface area contributed by atoms with Crippen molar-refractivity contribution < 1.29 is 9.53 Å². The van der Waals surface area contributed by atoms with Gasteiger partial charge in [-0.1, -0.05) is 6.92 Å². The van der Waals surface area contributed by atoms with Gasteiger partial charge in [0, 0.05) is 12.5 Å². The van der Waals surface area contributed by atoms with Gasteiger partial charge >= 0.3 is 0 Å². The van der Waals surface area contributed by atoms with Gasteiger partial charge in [-0.2, -0.15) is 0 Å². The average Bonchev–Trinajstić information content (AvgIpc) is 1.88. The lowest BCUT2D eigenvalue weighted by molar-refractivity contribution is -0.121. The summed E-state index contributed by atoms with van der Waals surface area (Å²) in [5.41, 5.74) is -0.244. The molecule has 1 unspecified atom stereocenters. The van der Waals surface area contributed by atoms with Crippen LogP contribution in [-0.2, 0) is 9.53 Å². The van der Waals surface area contributed by atoms with Crippen LogP contribution in [0.2, 0.25) is 0 Å². The Morgan fingerprint density at radius 1 is 1.80 bits per heavy atom. The zero-order valence-corrected chi connectivity index (χ0v) is 6.39. The molecule has 0 spiro atoms.